The van der Waals surface area contributed by atoms with Gasteiger partial charge < -0.3 is 9.47 Å². The Morgan fingerprint density at radius 2 is 1.50 bits per heavy atom. The van der Waals surface area contributed by atoms with Crippen LogP contribution in [0.5, 0.6) is 11.5 Å². The number of amides is 2. The SMILES string of the molecule is O=C1NC(=O)c2cc3c(cc21)OCO3. The van der Waals surface area contributed by atoms with Gasteiger partial charge in [-0.1, -0.05) is 0 Å². The zero-order valence-electron chi connectivity index (χ0n) is 6.99. The van der Waals surface area contributed by atoms with Gasteiger partial charge in [-0.05, 0) is 12.1 Å². The summed E-state index contributed by atoms with van der Waals surface area (Å²) in [5, 5.41) is 2.20. The molecule has 0 unspecified atom stereocenters. The second-order valence-electron chi connectivity index (χ2n) is 3.03. The topological polar surface area (TPSA) is 64.6 Å². The van der Waals surface area contributed by atoms with E-state index in [9.17, 15) is 9.59 Å². The van der Waals surface area contributed by atoms with Crippen LogP contribution < -0.4 is 14.8 Å². The van der Waals surface area contributed by atoms with Gasteiger partial charge in [0, 0.05) is 0 Å². The molecule has 0 radical (unpaired) electrons. The van der Waals surface area contributed by atoms with Crippen molar-refractivity contribution >= 4 is 11.8 Å². The molecular formula is C9H5NO4. The third-order valence-corrected chi connectivity index (χ3v) is 2.23. The minimum absolute atomic E-state index is 0.133. The zero-order valence-corrected chi connectivity index (χ0v) is 6.99. The number of hydrogen-bond donors (Lipinski definition) is 1. The molecule has 1 N–H and O–H groups in total. The number of carbonyl (C=O) groups is 2. The molecule has 0 saturated heterocycles. The first-order valence-corrected chi connectivity index (χ1v) is 4.05. The lowest BCUT2D eigenvalue weighted by molar-refractivity contribution is 0.0879. The van der Waals surface area contributed by atoms with Crippen LogP contribution in [0.15, 0.2) is 12.1 Å². The summed E-state index contributed by atoms with van der Waals surface area (Å²) in [6, 6.07) is 3.05. The highest BCUT2D eigenvalue weighted by molar-refractivity contribution is 6.21. The predicted octanol–water partition coefficient (Wildman–Crippen LogP) is 0.299. The molecule has 5 heteroatoms. The average molecular weight is 191 g/mol. The molecule has 5 nitrogen and oxygen atoms in total. The molecule has 2 aliphatic rings. The maximum atomic E-state index is 11.2. The van der Waals surface area contributed by atoms with Crippen LogP contribution in [-0.2, 0) is 0 Å². The van der Waals surface area contributed by atoms with Crippen LogP contribution in [0.4, 0.5) is 0 Å². The number of nitrogens with one attached hydrogen (secondary N) is 1. The molecule has 2 amide bonds. The van der Waals surface area contributed by atoms with E-state index in [1.165, 1.54) is 12.1 Å². The van der Waals surface area contributed by atoms with E-state index < -0.39 is 0 Å². The quantitative estimate of drug-likeness (QED) is 0.599. The highest BCUT2D eigenvalue weighted by Crippen LogP contribution is 2.36. The maximum absolute atomic E-state index is 11.2. The minimum atomic E-state index is -0.386. The predicted molar refractivity (Wildman–Crippen MR) is 44.4 cm³/mol. The van der Waals surface area contributed by atoms with E-state index in [1.807, 2.05) is 0 Å². The number of ether oxygens (including phenoxy) is 2. The fourth-order valence-corrected chi connectivity index (χ4v) is 1.56. The van der Waals surface area contributed by atoms with E-state index in [2.05, 4.69) is 5.32 Å². The van der Waals surface area contributed by atoms with Crippen molar-refractivity contribution in [3.63, 3.8) is 0 Å². The number of fused-ring (bicyclic) bond motifs is 2. The molecule has 2 aliphatic heterocycles. The van der Waals surface area contributed by atoms with E-state index in [0.29, 0.717) is 22.6 Å². The van der Waals surface area contributed by atoms with Gasteiger partial charge in [-0.25, -0.2) is 0 Å². The van der Waals surface area contributed by atoms with Gasteiger partial charge in [-0.2, -0.15) is 0 Å². The van der Waals surface area contributed by atoms with Gasteiger partial charge >= 0.3 is 0 Å². The highest BCUT2D eigenvalue weighted by atomic mass is 16.7. The number of rotatable bonds is 0. The molecule has 14 heavy (non-hydrogen) atoms. The fraction of sp³-hybridized carbons (Fsp3) is 0.111. The number of hydrogen-bond acceptors (Lipinski definition) is 4. The molecule has 0 atom stereocenters. The molecule has 0 fully saturated rings. The number of benzene rings is 1. The lowest BCUT2D eigenvalue weighted by Gasteiger charge is -1.97. The summed E-state index contributed by atoms with van der Waals surface area (Å²) in [6.07, 6.45) is 0. The molecule has 3 rings (SSSR count). The lowest BCUT2D eigenvalue weighted by Crippen LogP contribution is -2.19. The van der Waals surface area contributed by atoms with Gasteiger partial charge in [0.25, 0.3) is 11.8 Å². The molecule has 1 aromatic rings. The van der Waals surface area contributed by atoms with Crippen LogP contribution in [0.3, 0.4) is 0 Å². The molecule has 2 heterocycles. The van der Waals surface area contributed by atoms with Crippen LogP contribution >= 0.6 is 0 Å². The van der Waals surface area contributed by atoms with Gasteiger partial charge in [-0.15, -0.1) is 0 Å². The second kappa shape index (κ2) is 2.25. The Kier molecular flexibility index (Phi) is 1.19. The minimum Gasteiger partial charge on any atom is -0.454 e. The van der Waals surface area contributed by atoms with Gasteiger partial charge in [0.15, 0.2) is 11.5 Å². The van der Waals surface area contributed by atoms with E-state index in [1.54, 1.807) is 0 Å². The molecule has 1 aromatic carbocycles. The summed E-state index contributed by atoms with van der Waals surface area (Å²) in [5.41, 5.74) is 0.693. The largest absolute Gasteiger partial charge is 0.454 e. The Hall–Kier alpha value is -2.04. The van der Waals surface area contributed by atoms with Crippen LogP contribution in [0.25, 0.3) is 0 Å². The third kappa shape index (κ3) is 0.783. The summed E-state index contributed by atoms with van der Waals surface area (Å²) < 4.78 is 10.2. The van der Waals surface area contributed by atoms with E-state index in [-0.39, 0.29) is 18.6 Å². The Morgan fingerprint density at radius 3 is 2.00 bits per heavy atom. The number of carbonyl (C=O) groups excluding carboxylic acids is 2. The Balaban J connectivity index is 2.26. The van der Waals surface area contributed by atoms with E-state index in [4.69, 9.17) is 9.47 Å². The third-order valence-electron chi connectivity index (χ3n) is 2.23. The standard InChI is InChI=1S/C9H5NO4/c11-8-4-1-6-7(14-3-13-6)2-5(4)9(12)10-8/h1-2H,3H2,(H,10,11,12). The van der Waals surface area contributed by atoms with Crippen LogP contribution in [0.2, 0.25) is 0 Å². The number of imide groups is 1. The zero-order chi connectivity index (χ0) is 9.71. The van der Waals surface area contributed by atoms with Gasteiger partial charge in [-0.3, -0.25) is 14.9 Å². The van der Waals surface area contributed by atoms with Gasteiger partial charge in [0.2, 0.25) is 6.79 Å². The van der Waals surface area contributed by atoms with Crippen molar-refractivity contribution in [2.75, 3.05) is 6.79 Å². The van der Waals surface area contributed by atoms with Crippen molar-refractivity contribution in [2.24, 2.45) is 0 Å². The molecular weight excluding hydrogens is 186 g/mol. The van der Waals surface area contributed by atoms with Crippen molar-refractivity contribution in [3.8, 4) is 11.5 Å². The Morgan fingerprint density at radius 1 is 1.00 bits per heavy atom. The van der Waals surface area contributed by atoms with Crippen molar-refractivity contribution in [3.05, 3.63) is 23.3 Å². The summed E-state index contributed by atoms with van der Waals surface area (Å²) in [6.45, 7) is 0.133. The molecule has 70 valence electrons. The summed E-state index contributed by atoms with van der Waals surface area (Å²) >= 11 is 0. The van der Waals surface area contributed by atoms with Gasteiger partial charge in [0.1, 0.15) is 0 Å². The second-order valence-corrected chi connectivity index (χ2v) is 3.03. The molecule has 0 bridgehead atoms. The van der Waals surface area contributed by atoms with Crippen molar-refractivity contribution < 1.29 is 19.1 Å². The first kappa shape index (κ1) is 7.37. The van der Waals surface area contributed by atoms with E-state index >= 15 is 0 Å². The van der Waals surface area contributed by atoms with Crippen molar-refractivity contribution in [2.45, 2.75) is 0 Å². The first-order valence-electron chi connectivity index (χ1n) is 4.05. The summed E-state index contributed by atoms with van der Waals surface area (Å²) in [7, 11) is 0. The molecule has 0 spiro atoms. The van der Waals surface area contributed by atoms with Crippen LogP contribution in [-0.4, -0.2) is 18.6 Å². The monoisotopic (exact) mass is 191 g/mol. The summed E-state index contributed by atoms with van der Waals surface area (Å²) in [5.74, 6) is 0.244. The van der Waals surface area contributed by atoms with Crippen LogP contribution in [0, 0.1) is 0 Å². The lowest BCUT2D eigenvalue weighted by atomic mass is 10.1. The van der Waals surface area contributed by atoms with Gasteiger partial charge in [0.05, 0.1) is 11.1 Å². The van der Waals surface area contributed by atoms with E-state index in [0.717, 1.165) is 0 Å². The van der Waals surface area contributed by atoms with Crippen molar-refractivity contribution in [1.82, 2.24) is 5.32 Å². The molecule has 0 saturated carbocycles. The first-order chi connectivity index (χ1) is 6.75. The normalized spacial score (nSPS) is 16.9. The highest BCUT2D eigenvalue weighted by Gasteiger charge is 2.30. The fourth-order valence-electron chi connectivity index (χ4n) is 1.56. The Labute approximate surface area is 78.6 Å². The van der Waals surface area contributed by atoms with Crippen LogP contribution in [0.1, 0.15) is 20.7 Å². The van der Waals surface area contributed by atoms with Crippen molar-refractivity contribution in [1.29, 1.82) is 0 Å². The summed E-state index contributed by atoms with van der Waals surface area (Å²) in [4.78, 5) is 22.5. The Bertz CT molecular complexity index is 425. The smallest absolute Gasteiger partial charge is 0.259 e. The average Bonchev–Trinajstić information content (AvgIpc) is 2.70. The maximum Gasteiger partial charge on any atom is 0.259 e. The molecule has 0 aliphatic carbocycles. The molecule has 0 aromatic heterocycles.